The van der Waals surface area contributed by atoms with Crippen molar-refractivity contribution >= 4 is 45.9 Å². The summed E-state index contributed by atoms with van der Waals surface area (Å²) in [5.74, 6) is 2.07. The van der Waals surface area contributed by atoms with E-state index in [-0.39, 0.29) is 42.0 Å². The molecule has 5 aliphatic rings. The minimum atomic E-state index is -0.308. The number of hydrogen-bond acceptors (Lipinski definition) is 10. The van der Waals surface area contributed by atoms with Gasteiger partial charge in [-0.05, 0) is 130 Å². The number of aromatic nitrogens is 5. The van der Waals surface area contributed by atoms with Gasteiger partial charge in [0.2, 0.25) is 17.7 Å². The topological polar surface area (TPSA) is 141 Å². The highest BCUT2D eigenvalue weighted by Crippen LogP contribution is 2.47. The van der Waals surface area contributed by atoms with E-state index in [9.17, 15) is 14.4 Å². The molecule has 8 heterocycles. The molecule has 63 heavy (non-hydrogen) atoms. The zero-order valence-electron chi connectivity index (χ0n) is 36.4. The van der Waals surface area contributed by atoms with Gasteiger partial charge in [0.15, 0.2) is 5.82 Å². The number of nitrogens with one attached hydrogen (secondary N) is 2. The highest BCUT2D eigenvalue weighted by molar-refractivity contribution is 6.01. The standard InChI is InChI=1S/C49H57FN10O3/c1-31-21-32(2)51-28-41(31)40-22-35-24-43(52-27-36(35)23-42(40)50)54-44-25-38-11-18-59(47(62)30-60(38)56-44)37-9-16-57(17-10-37)29-33-7-12-49(13-8-33)14-19-58(20-15-49)45-5-3-34(26-53-45)39-4-6-46(61)55-48(39)63/h3,5,21-28,33,37,39H,4,6-20,29-30H2,1-2H3,(H,52,54,56)(H,55,61,63). The molecule has 1 aliphatic carbocycles. The van der Waals surface area contributed by atoms with Gasteiger partial charge in [0.05, 0.1) is 5.92 Å². The number of halogens is 1. The van der Waals surface area contributed by atoms with Gasteiger partial charge in [-0.3, -0.25) is 29.4 Å². The van der Waals surface area contributed by atoms with E-state index in [1.807, 2.05) is 61.1 Å². The first-order valence-corrected chi connectivity index (χ1v) is 23.0. The Morgan fingerprint density at radius 1 is 0.778 bits per heavy atom. The molecule has 14 heteroatoms. The van der Waals surface area contributed by atoms with Crippen LogP contribution < -0.4 is 15.5 Å². The summed E-state index contributed by atoms with van der Waals surface area (Å²) in [5, 5.41) is 12.1. The van der Waals surface area contributed by atoms with Crippen LogP contribution in [0.4, 0.5) is 21.8 Å². The number of pyridine rings is 3. The number of piperidine rings is 3. The maximum atomic E-state index is 15.2. The minimum Gasteiger partial charge on any atom is -0.357 e. The molecule has 1 spiro atoms. The lowest BCUT2D eigenvalue weighted by Gasteiger charge is -2.47. The Kier molecular flexibility index (Phi) is 11.2. The molecule has 1 aromatic carbocycles. The van der Waals surface area contributed by atoms with Crippen LogP contribution in [0, 0.1) is 31.0 Å². The fourth-order valence-corrected chi connectivity index (χ4v) is 11.1. The Balaban J connectivity index is 0.675. The number of imide groups is 1. The lowest BCUT2D eigenvalue weighted by molar-refractivity contribution is -0.135. The number of benzene rings is 1. The molecule has 10 rings (SSSR count). The summed E-state index contributed by atoms with van der Waals surface area (Å²) in [5.41, 5.74) is 5.48. The number of rotatable bonds is 8. The lowest BCUT2D eigenvalue weighted by Crippen LogP contribution is -2.49. The van der Waals surface area contributed by atoms with Crippen LogP contribution in [-0.4, -0.2) is 97.6 Å². The van der Waals surface area contributed by atoms with E-state index in [2.05, 4.69) is 35.3 Å². The molecule has 1 atom stereocenters. The smallest absolute Gasteiger partial charge is 0.244 e. The number of likely N-dealkylation sites (tertiary alicyclic amines) is 1. The normalized spacial score (nSPS) is 21.4. The zero-order chi connectivity index (χ0) is 43.2. The van der Waals surface area contributed by atoms with Crippen molar-refractivity contribution in [3.05, 3.63) is 89.4 Å². The number of anilines is 3. The Hall–Kier alpha value is -5.76. The van der Waals surface area contributed by atoms with Gasteiger partial charge < -0.3 is 20.0 Å². The first kappa shape index (κ1) is 41.3. The summed E-state index contributed by atoms with van der Waals surface area (Å²) in [6, 6.07) is 13.6. The monoisotopic (exact) mass is 852 g/mol. The summed E-state index contributed by atoms with van der Waals surface area (Å²) in [4.78, 5) is 58.4. The largest absolute Gasteiger partial charge is 0.357 e. The summed E-state index contributed by atoms with van der Waals surface area (Å²) in [6.07, 6.45) is 16.5. The van der Waals surface area contributed by atoms with Crippen LogP contribution in [-0.2, 0) is 27.3 Å². The molecule has 4 aliphatic heterocycles. The average Bonchev–Trinajstić information content (AvgIpc) is 3.58. The highest BCUT2D eigenvalue weighted by atomic mass is 19.1. The van der Waals surface area contributed by atoms with E-state index < -0.39 is 0 Å². The molecule has 328 valence electrons. The maximum absolute atomic E-state index is 15.2. The number of hydrogen-bond donors (Lipinski definition) is 2. The van der Waals surface area contributed by atoms with Gasteiger partial charge in [0, 0.05) is 111 Å². The molecule has 2 N–H and O–H groups in total. The third-order valence-electron chi connectivity index (χ3n) is 14.9. The second-order valence-electron chi connectivity index (χ2n) is 18.9. The fourth-order valence-electron chi connectivity index (χ4n) is 11.1. The van der Waals surface area contributed by atoms with Gasteiger partial charge in [0.1, 0.15) is 24.0 Å². The maximum Gasteiger partial charge on any atom is 0.244 e. The highest BCUT2D eigenvalue weighted by Gasteiger charge is 2.39. The van der Waals surface area contributed by atoms with Gasteiger partial charge in [-0.1, -0.05) is 6.07 Å². The third-order valence-corrected chi connectivity index (χ3v) is 14.9. The van der Waals surface area contributed by atoms with Gasteiger partial charge >= 0.3 is 0 Å². The van der Waals surface area contributed by atoms with Crippen molar-refractivity contribution in [2.24, 2.45) is 11.3 Å². The predicted octanol–water partition coefficient (Wildman–Crippen LogP) is 7.23. The van der Waals surface area contributed by atoms with E-state index in [0.717, 1.165) is 97.2 Å². The molecular weight excluding hydrogens is 796 g/mol. The molecule has 3 saturated heterocycles. The van der Waals surface area contributed by atoms with Crippen molar-refractivity contribution < 1.29 is 18.8 Å². The van der Waals surface area contributed by atoms with Gasteiger partial charge in [-0.2, -0.15) is 5.10 Å². The second-order valence-corrected chi connectivity index (χ2v) is 18.9. The lowest BCUT2D eigenvalue weighted by atomic mass is 9.65. The molecule has 13 nitrogen and oxygen atoms in total. The Morgan fingerprint density at radius 3 is 2.33 bits per heavy atom. The van der Waals surface area contributed by atoms with Crippen LogP contribution in [0.5, 0.6) is 0 Å². The number of aryl methyl sites for hydroxylation is 2. The van der Waals surface area contributed by atoms with Crippen molar-refractivity contribution in [1.29, 1.82) is 0 Å². The number of amides is 3. The summed E-state index contributed by atoms with van der Waals surface area (Å²) >= 11 is 0. The van der Waals surface area contributed by atoms with Crippen LogP contribution >= 0.6 is 0 Å². The van der Waals surface area contributed by atoms with Crippen molar-refractivity contribution in [3.63, 3.8) is 0 Å². The third kappa shape index (κ3) is 8.66. The molecule has 0 radical (unpaired) electrons. The fraction of sp³-hybridized carbons (Fsp3) is 0.490. The van der Waals surface area contributed by atoms with E-state index in [1.54, 1.807) is 12.4 Å². The first-order valence-electron chi connectivity index (χ1n) is 23.0. The van der Waals surface area contributed by atoms with Crippen molar-refractivity contribution in [3.8, 4) is 11.1 Å². The Labute approximate surface area is 367 Å². The van der Waals surface area contributed by atoms with Gasteiger partial charge in [-0.25, -0.2) is 14.4 Å². The molecular formula is C49H57FN10O3. The summed E-state index contributed by atoms with van der Waals surface area (Å²) in [6.45, 7) is 10.1. The van der Waals surface area contributed by atoms with E-state index in [1.165, 1.54) is 44.6 Å². The second kappa shape index (κ2) is 17.1. The van der Waals surface area contributed by atoms with Crippen molar-refractivity contribution in [2.75, 3.05) is 49.5 Å². The summed E-state index contributed by atoms with van der Waals surface area (Å²) in [7, 11) is 0. The number of nitrogens with zero attached hydrogens (tertiary/aromatic N) is 8. The average molecular weight is 853 g/mol. The molecule has 4 aromatic heterocycles. The van der Waals surface area contributed by atoms with Crippen molar-refractivity contribution in [1.82, 2.24) is 39.8 Å². The van der Waals surface area contributed by atoms with Crippen LogP contribution in [0.15, 0.2) is 61.1 Å². The van der Waals surface area contributed by atoms with Gasteiger partial charge in [0.25, 0.3) is 0 Å². The van der Waals surface area contributed by atoms with Gasteiger partial charge in [-0.15, -0.1) is 0 Å². The number of carbonyl (C=O) groups is 3. The Morgan fingerprint density at radius 2 is 1.59 bits per heavy atom. The summed E-state index contributed by atoms with van der Waals surface area (Å²) < 4.78 is 17.0. The molecule has 0 bridgehead atoms. The van der Waals surface area contributed by atoms with Crippen molar-refractivity contribution in [2.45, 2.75) is 103 Å². The predicted molar refractivity (Wildman–Crippen MR) is 240 cm³/mol. The van der Waals surface area contributed by atoms with E-state index in [0.29, 0.717) is 47.4 Å². The molecule has 1 saturated carbocycles. The number of fused-ring (bicyclic) bond motifs is 2. The van der Waals surface area contributed by atoms with Crippen LogP contribution in [0.1, 0.15) is 92.6 Å². The van der Waals surface area contributed by atoms with E-state index in [4.69, 9.17) is 10.1 Å². The SMILES string of the molecule is Cc1cc(C)c(-c2cc3cc(Nc4cc5n(n4)CC(=O)N(C4CCN(CC6CCC7(CC6)CCN(c6ccc(C8CCC(=O)NC8=O)cn6)CC7)CC4)CC5)ncc3cc2F)cn1. The van der Waals surface area contributed by atoms with E-state index >= 15 is 4.39 Å². The molecule has 3 amide bonds. The molecule has 1 unspecified atom stereocenters. The zero-order valence-corrected chi connectivity index (χ0v) is 36.4. The van der Waals surface area contributed by atoms with Crippen LogP contribution in [0.25, 0.3) is 21.9 Å². The molecule has 5 aromatic rings. The number of carbonyl (C=O) groups excluding carboxylic acids is 3. The first-order chi connectivity index (χ1) is 30.5. The minimum absolute atomic E-state index is 0.129. The Bertz CT molecular complexity index is 2530. The van der Waals surface area contributed by atoms with Crippen LogP contribution in [0.3, 0.4) is 0 Å². The van der Waals surface area contributed by atoms with Crippen LogP contribution in [0.2, 0.25) is 0 Å². The molecule has 4 fully saturated rings. The quantitative estimate of drug-likeness (QED) is 0.154.